The summed E-state index contributed by atoms with van der Waals surface area (Å²) >= 11 is 0. The van der Waals surface area contributed by atoms with Crippen LogP contribution in [0.4, 0.5) is 0 Å². The molecule has 11 heavy (non-hydrogen) atoms. The first-order valence-electron chi connectivity index (χ1n) is 3.81. The summed E-state index contributed by atoms with van der Waals surface area (Å²) in [6, 6.07) is 0. The van der Waals surface area contributed by atoms with Crippen LogP contribution in [-0.2, 0) is 9.53 Å². The van der Waals surface area contributed by atoms with Gasteiger partial charge in [-0.2, -0.15) is 0 Å². The van der Waals surface area contributed by atoms with Crippen LogP contribution in [-0.4, -0.2) is 43.2 Å². The van der Waals surface area contributed by atoms with Gasteiger partial charge in [-0.3, -0.25) is 9.69 Å². The molecule has 0 unspecified atom stereocenters. The molecule has 0 bridgehead atoms. The Bertz CT molecular complexity index is 149. The first-order chi connectivity index (χ1) is 5.18. The van der Waals surface area contributed by atoms with E-state index in [9.17, 15) is 4.79 Å². The van der Waals surface area contributed by atoms with Crippen LogP contribution in [0.3, 0.4) is 0 Å². The number of carbonyl (C=O) groups is 1. The Morgan fingerprint density at radius 2 is 2.55 bits per heavy atom. The fourth-order valence-corrected chi connectivity index (χ4v) is 1.25. The maximum Gasteiger partial charge on any atom is 0.231 e. The van der Waals surface area contributed by atoms with E-state index in [-0.39, 0.29) is 12.0 Å². The number of hydrogen-bond acceptors (Lipinski definition) is 3. The van der Waals surface area contributed by atoms with Gasteiger partial charge in [-0.25, -0.2) is 0 Å². The van der Waals surface area contributed by atoms with Gasteiger partial charge in [0.2, 0.25) is 5.91 Å². The van der Waals surface area contributed by atoms with Gasteiger partial charge in [-0.15, -0.1) is 0 Å². The van der Waals surface area contributed by atoms with E-state index in [4.69, 9.17) is 10.5 Å². The fraction of sp³-hybridized carbons (Fsp3) is 0.857. The predicted molar refractivity (Wildman–Crippen MR) is 41.0 cm³/mol. The maximum atomic E-state index is 10.5. The highest BCUT2D eigenvalue weighted by atomic mass is 16.5. The number of carbonyl (C=O) groups excluding carboxylic acids is 1. The number of morpholine rings is 1. The number of rotatable bonds is 2. The minimum absolute atomic E-state index is 0.225. The van der Waals surface area contributed by atoms with Gasteiger partial charge in [0.15, 0.2) is 0 Å². The van der Waals surface area contributed by atoms with E-state index in [1.165, 1.54) is 0 Å². The Kier molecular flexibility index (Phi) is 2.84. The minimum Gasteiger partial charge on any atom is -0.376 e. The number of nitrogens with two attached hydrogens (primary N) is 1. The van der Waals surface area contributed by atoms with E-state index in [1.807, 2.05) is 11.8 Å². The van der Waals surface area contributed by atoms with E-state index in [1.54, 1.807) is 0 Å². The Morgan fingerprint density at radius 1 is 1.82 bits per heavy atom. The average Bonchev–Trinajstić information content (AvgIpc) is 1.85. The van der Waals surface area contributed by atoms with Gasteiger partial charge < -0.3 is 10.5 Å². The van der Waals surface area contributed by atoms with Crippen molar-refractivity contribution in [1.29, 1.82) is 0 Å². The molecule has 0 spiro atoms. The molecule has 2 N–H and O–H groups in total. The van der Waals surface area contributed by atoms with Crippen molar-refractivity contribution in [1.82, 2.24) is 4.90 Å². The van der Waals surface area contributed by atoms with E-state index < -0.39 is 0 Å². The van der Waals surface area contributed by atoms with Crippen LogP contribution < -0.4 is 5.73 Å². The van der Waals surface area contributed by atoms with E-state index in [0.29, 0.717) is 13.2 Å². The van der Waals surface area contributed by atoms with Gasteiger partial charge in [-0.1, -0.05) is 0 Å². The lowest BCUT2D eigenvalue weighted by molar-refractivity contribution is -0.120. The Hall–Kier alpha value is -0.610. The molecule has 1 atom stereocenters. The summed E-state index contributed by atoms with van der Waals surface area (Å²) in [6.07, 6.45) is 0.225. The highest BCUT2D eigenvalue weighted by molar-refractivity contribution is 5.75. The first-order valence-corrected chi connectivity index (χ1v) is 3.81. The molecule has 4 heteroatoms. The second kappa shape index (κ2) is 3.69. The zero-order valence-electron chi connectivity index (χ0n) is 6.75. The number of nitrogens with zero attached hydrogens (tertiary/aromatic N) is 1. The summed E-state index contributed by atoms with van der Waals surface area (Å²) in [5, 5.41) is 0. The third-order valence-electron chi connectivity index (χ3n) is 1.70. The van der Waals surface area contributed by atoms with Gasteiger partial charge in [-0.05, 0) is 6.92 Å². The summed E-state index contributed by atoms with van der Waals surface area (Å²) in [5.74, 6) is -0.265. The van der Waals surface area contributed by atoms with Crippen molar-refractivity contribution in [2.24, 2.45) is 5.73 Å². The number of amides is 1. The molecule has 4 nitrogen and oxygen atoms in total. The lowest BCUT2D eigenvalue weighted by atomic mass is 10.3. The monoisotopic (exact) mass is 158 g/mol. The van der Waals surface area contributed by atoms with Crippen molar-refractivity contribution in [2.75, 3.05) is 26.2 Å². The van der Waals surface area contributed by atoms with Crippen molar-refractivity contribution in [3.8, 4) is 0 Å². The number of hydrogen-bond donors (Lipinski definition) is 1. The van der Waals surface area contributed by atoms with Gasteiger partial charge in [0.1, 0.15) is 0 Å². The molecule has 0 radical (unpaired) electrons. The second-order valence-electron chi connectivity index (χ2n) is 2.88. The SMILES string of the molecule is C[C@H]1CN(CC(N)=O)CCO1. The molecule has 0 aromatic heterocycles. The maximum absolute atomic E-state index is 10.5. The third kappa shape index (κ3) is 2.86. The first kappa shape index (κ1) is 8.49. The zero-order valence-corrected chi connectivity index (χ0v) is 6.75. The highest BCUT2D eigenvalue weighted by Gasteiger charge is 2.17. The van der Waals surface area contributed by atoms with Crippen molar-refractivity contribution in [2.45, 2.75) is 13.0 Å². The van der Waals surface area contributed by atoms with Gasteiger partial charge >= 0.3 is 0 Å². The smallest absolute Gasteiger partial charge is 0.231 e. The largest absolute Gasteiger partial charge is 0.376 e. The summed E-state index contributed by atoms with van der Waals surface area (Å²) in [5.41, 5.74) is 5.05. The summed E-state index contributed by atoms with van der Waals surface area (Å²) in [7, 11) is 0. The molecule has 0 aliphatic carbocycles. The Balaban J connectivity index is 2.28. The van der Waals surface area contributed by atoms with Crippen molar-refractivity contribution < 1.29 is 9.53 Å². The summed E-state index contributed by atoms with van der Waals surface area (Å²) in [4.78, 5) is 12.5. The number of ether oxygens (including phenoxy) is 1. The lowest BCUT2D eigenvalue weighted by Crippen LogP contribution is -2.44. The van der Waals surface area contributed by atoms with Crippen LogP contribution in [0.25, 0.3) is 0 Å². The molecule has 1 fully saturated rings. The van der Waals surface area contributed by atoms with Crippen molar-refractivity contribution >= 4 is 5.91 Å². The normalized spacial score (nSPS) is 26.8. The third-order valence-corrected chi connectivity index (χ3v) is 1.70. The second-order valence-corrected chi connectivity index (χ2v) is 2.88. The molecule has 1 heterocycles. The molecular weight excluding hydrogens is 144 g/mol. The van der Waals surface area contributed by atoms with Crippen molar-refractivity contribution in [3.05, 3.63) is 0 Å². The Morgan fingerprint density at radius 3 is 3.09 bits per heavy atom. The molecule has 1 saturated heterocycles. The quantitative estimate of drug-likeness (QED) is 0.572. The van der Waals surface area contributed by atoms with Gasteiger partial charge in [0.05, 0.1) is 19.3 Å². The van der Waals surface area contributed by atoms with Crippen LogP contribution in [0, 0.1) is 0 Å². The fourth-order valence-electron chi connectivity index (χ4n) is 1.25. The van der Waals surface area contributed by atoms with E-state index >= 15 is 0 Å². The van der Waals surface area contributed by atoms with Crippen LogP contribution >= 0.6 is 0 Å². The van der Waals surface area contributed by atoms with E-state index in [2.05, 4.69) is 0 Å². The van der Waals surface area contributed by atoms with Crippen LogP contribution in [0.5, 0.6) is 0 Å². The van der Waals surface area contributed by atoms with Crippen LogP contribution in [0.15, 0.2) is 0 Å². The summed E-state index contributed by atoms with van der Waals surface area (Å²) in [6.45, 7) is 4.67. The standard InChI is InChI=1S/C7H14N2O2/c1-6-4-9(2-3-11-6)5-7(8)10/h6H,2-5H2,1H3,(H2,8,10)/t6-/m0/s1. The molecule has 1 rings (SSSR count). The molecule has 0 aromatic rings. The average molecular weight is 158 g/mol. The molecule has 0 saturated carbocycles. The van der Waals surface area contributed by atoms with Gasteiger partial charge in [0.25, 0.3) is 0 Å². The molecule has 64 valence electrons. The molecule has 1 aliphatic heterocycles. The molecule has 1 aliphatic rings. The minimum atomic E-state index is -0.265. The van der Waals surface area contributed by atoms with Gasteiger partial charge in [0, 0.05) is 13.1 Å². The molecule has 1 amide bonds. The summed E-state index contributed by atoms with van der Waals surface area (Å²) < 4.78 is 5.30. The topological polar surface area (TPSA) is 55.6 Å². The van der Waals surface area contributed by atoms with Crippen LogP contribution in [0.1, 0.15) is 6.92 Å². The Labute approximate surface area is 66.3 Å². The van der Waals surface area contributed by atoms with Crippen LogP contribution in [0.2, 0.25) is 0 Å². The predicted octanol–water partition coefficient (Wildman–Crippen LogP) is -0.808. The zero-order chi connectivity index (χ0) is 8.27. The van der Waals surface area contributed by atoms with E-state index in [0.717, 1.165) is 13.1 Å². The van der Waals surface area contributed by atoms with Crippen molar-refractivity contribution in [3.63, 3.8) is 0 Å². The highest BCUT2D eigenvalue weighted by Crippen LogP contribution is 2.02. The molecular formula is C7H14N2O2. The number of primary amides is 1. The molecule has 0 aromatic carbocycles. The lowest BCUT2D eigenvalue weighted by Gasteiger charge is -2.29.